The molecule has 0 atom stereocenters. The highest BCUT2D eigenvalue weighted by Crippen LogP contribution is 2.27. The van der Waals surface area contributed by atoms with Gasteiger partial charge >= 0.3 is 11.8 Å². The molecule has 0 saturated carbocycles. The van der Waals surface area contributed by atoms with Crippen LogP contribution in [0.15, 0.2) is 103 Å². The molecule has 1 aliphatic heterocycles. The minimum Gasteiger partial charge on any atom is -0.447 e. The van der Waals surface area contributed by atoms with Gasteiger partial charge in [0, 0.05) is 6.54 Å². The normalized spacial score (nSPS) is 13.7. The molecule has 0 spiro atoms. The molecule has 2 amide bonds. The van der Waals surface area contributed by atoms with E-state index in [2.05, 4.69) is 0 Å². The molecule has 4 rings (SSSR count). The van der Waals surface area contributed by atoms with Gasteiger partial charge in [0.05, 0.1) is 0 Å². The highest BCUT2D eigenvalue weighted by Gasteiger charge is 2.42. The average molecular weight is 385 g/mol. The molecule has 0 unspecified atom stereocenters. The van der Waals surface area contributed by atoms with E-state index in [9.17, 15) is 9.59 Å². The number of ether oxygens (including phenoxy) is 2. The van der Waals surface area contributed by atoms with Gasteiger partial charge in [0.15, 0.2) is 0 Å². The number of benzene rings is 3. The third kappa shape index (κ3) is 4.19. The molecule has 0 N–H and O–H groups in total. The van der Waals surface area contributed by atoms with E-state index in [4.69, 9.17) is 9.47 Å². The van der Waals surface area contributed by atoms with Crippen molar-refractivity contribution in [2.45, 2.75) is 6.42 Å². The lowest BCUT2D eigenvalue weighted by molar-refractivity contribution is -0.139. The molecule has 0 radical (unpaired) electrons. The summed E-state index contributed by atoms with van der Waals surface area (Å²) in [5, 5.41) is 0. The van der Waals surface area contributed by atoms with Gasteiger partial charge in [0.1, 0.15) is 11.5 Å². The molecule has 0 bridgehead atoms. The van der Waals surface area contributed by atoms with E-state index in [0.717, 1.165) is 5.56 Å². The zero-order valence-corrected chi connectivity index (χ0v) is 15.7. The van der Waals surface area contributed by atoms with Crippen LogP contribution in [0.1, 0.15) is 5.56 Å². The van der Waals surface area contributed by atoms with Crippen LogP contribution in [0.4, 0.5) is 0 Å². The Morgan fingerprint density at radius 2 is 1.00 bits per heavy atom. The summed E-state index contributed by atoms with van der Waals surface area (Å²) in [6.07, 6.45) is 0.551. The van der Waals surface area contributed by atoms with Crippen molar-refractivity contribution < 1.29 is 19.1 Å². The van der Waals surface area contributed by atoms with E-state index in [1.165, 1.54) is 4.90 Å². The predicted molar refractivity (Wildman–Crippen MR) is 108 cm³/mol. The first-order valence-corrected chi connectivity index (χ1v) is 9.32. The lowest BCUT2D eigenvalue weighted by Crippen LogP contribution is -2.34. The summed E-state index contributed by atoms with van der Waals surface area (Å²) in [5.41, 5.74) is 1.04. The smallest absolute Gasteiger partial charge is 0.300 e. The second kappa shape index (κ2) is 8.44. The molecule has 1 aliphatic rings. The number of hydrogen-bond acceptors (Lipinski definition) is 4. The van der Waals surface area contributed by atoms with Crippen LogP contribution in [0.3, 0.4) is 0 Å². The third-order valence-electron chi connectivity index (χ3n) is 4.48. The molecule has 0 aromatic heterocycles. The summed E-state index contributed by atoms with van der Waals surface area (Å²) in [7, 11) is 0. The molecular formula is C24H19NO4. The van der Waals surface area contributed by atoms with Crippen LogP contribution in [0.25, 0.3) is 0 Å². The van der Waals surface area contributed by atoms with Crippen LogP contribution in [-0.2, 0) is 16.0 Å². The van der Waals surface area contributed by atoms with Crippen LogP contribution in [0.2, 0.25) is 0 Å². The van der Waals surface area contributed by atoms with E-state index in [1.807, 2.05) is 42.5 Å². The quantitative estimate of drug-likeness (QED) is 0.578. The maximum Gasteiger partial charge on any atom is 0.300 e. The molecule has 0 aliphatic carbocycles. The Kier molecular flexibility index (Phi) is 5.38. The van der Waals surface area contributed by atoms with Crippen molar-refractivity contribution in [3.05, 3.63) is 108 Å². The van der Waals surface area contributed by atoms with Crippen molar-refractivity contribution >= 4 is 11.8 Å². The van der Waals surface area contributed by atoms with Gasteiger partial charge in [0.25, 0.3) is 0 Å². The summed E-state index contributed by atoms with van der Waals surface area (Å²) >= 11 is 0. The fraction of sp³-hybridized carbons (Fsp3) is 0.0833. The van der Waals surface area contributed by atoms with Crippen LogP contribution >= 0.6 is 0 Å². The minimum absolute atomic E-state index is 0.0990. The van der Waals surface area contributed by atoms with Crippen molar-refractivity contribution in [3.8, 4) is 11.5 Å². The first-order chi connectivity index (χ1) is 14.2. The lowest BCUT2D eigenvalue weighted by atomic mass is 10.1. The summed E-state index contributed by atoms with van der Waals surface area (Å²) < 4.78 is 11.5. The number of para-hydroxylation sites is 2. The molecule has 0 saturated heterocycles. The van der Waals surface area contributed by atoms with Crippen molar-refractivity contribution in [1.29, 1.82) is 0 Å². The van der Waals surface area contributed by atoms with E-state index in [-0.39, 0.29) is 18.1 Å². The first kappa shape index (κ1) is 18.5. The molecule has 5 nitrogen and oxygen atoms in total. The number of carbonyl (C=O) groups excluding carboxylic acids is 2. The van der Waals surface area contributed by atoms with Gasteiger partial charge in [-0.15, -0.1) is 0 Å². The van der Waals surface area contributed by atoms with Gasteiger partial charge in [0.2, 0.25) is 11.5 Å². The Balaban J connectivity index is 1.60. The predicted octanol–water partition coefficient (Wildman–Crippen LogP) is 3.97. The fourth-order valence-corrected chi connectivity index (χ4v) is 3.01. The van der Waals surface area contributed by atoms with E-state index < -0.39 is 11.8 Å². The summed E-state index contributed by atoms with van der Waals surface area (Å²) in [5.74, 6) is -0.275. The van der Waals surface area contributed by atoms with Crippen LogP contribution in [-0.4, -0.2) is 23.3 Å². The molecule has 3 aromatic carbocycles. The van der Waals surface area contributed by atoms with Crippen molar-refractivity contribution in [2.24, 2.45) is 0 Å². The van der Waals surface area contributed by atoms with Gasteiger partial charge in [-0.3, -0.25) is 14.5 Å². The van der Waals surface area contributed by atoms with Crippen molar-refractivity contribution in [3.63, 3.8) is 0 Å². The topological polar surface area (TPSA) is 55.8 Å². The van der Waals surface area contributed by atoms with Crippen LogP contribution < -0.4 is 9.47 Å². The standard InChI is InChI=1S/C24H19NO4/c26-23-21(28-19-12-6-2-7-13-19)22(29-20-14-8-3-9-15-20)24(27)25(23)17-16-18-10-4-1-5-11-18/h1-15H,16-17H2. The highest BCUT2D eigenvalue weighted by atomic mass is 16.5. The van der Waals surface area contributed by atoms with Crippen LogP contribution in [0, 0.1) is 0 Å². The van der Waals surface area contributed by atoms with Gasteiger partial charge in [-0.2, -0.15) is 0 Å². The third-order valence-corrected chi connectivity index (χ3v) is 4.48. The van der Waals surface area contributed by atoms with E-state index in [1.54, 1.807) is 48.5 Å². The number of carbonyl (C=O) groups is 2. The fourth-order valence-electron chi connectivity index (χ4n) is 3.01. The second-order valence-electron chi connectivity index (χ2n) is 6.49. The van der Waals surface area contributed by atoms with E-state index >= 15 is 0 Å². The van der Waals surface area contributed by atoms with Crippen molar-refractivity contribution in [1.82, 2.24) is 4.90 Å². The maximum absolute atomic E-state index is 13.0. The van der Waals surface area contributed by atoms with Crippen molar-refractivity contribution in [2.75, 3.05) is 6.54 Å². The number of rotatable bonds is 7. The van der Waals surface area contributed by atoms with Gasteiger partial charge in [-0.1, -0.05) is 66.7 Å². The molecule has 29 heavy (non-hydrogen) atoms. The Bertz CT molecular complexity index is 967. The first-order valence-electron chi connectivity index (χ1n) is 9.32. The highest BCUT2D eigenvalue weighted by molar-refractivity contribution is 6.17. The van der Waals surface area contributed by atoms with E-state index in [0.29, 0.717) is 17.9 Å². The van der Waals surface area contributed by atoms with Gasteiger partial charge in [-0.25, -0.2) is 0 Å². The van der Waals surface area contributed by atoms with Gasteiger partial charge in [-0.05, 0) is 36.2 Å². The minimum atomic E-state index is -0.499. The Labute approximate surface area is 168 Å². The summed E-state index contributed by atoms with van der Waals surface area (Å²) in [6.45, 7) is 0.241. The zero-order valence-electron chi connectivity index (χ0n) is 15.7. The SMILES string of the molecule is O=C1C(Oc2ccccc2)=C(Oc2ccccc2)C(=O)N1CCc1ccccc1. The Morgan fingerprint density at radius 1 is 0.586 bits per heavy atom. The maximum atomic E-state index is 13.0. The largest absolute Gasteiger partial charge is 0.447 e. The number of hydrogen-bond donors (Lipinski definition) is 0. The molecule has 1 heterocycles. The number of imide groups is 1. The lowest BCUT2D eigenvalue weighted by Gasteiger charge is -2.14. The molecule has 144 valence electrons. The zero-order chi connectivity index (χ0) is 20.1. The second-order valence-corrected chi connectivity index (χ2v) is 6.49. The molecular weight excluding hydrogens is 366 g/mol. The number of amides is 2. The summed E-state index contributed by atoms with van der Waals surface area (Å²) in [4.78, 5) is 27.1. The molecule has 3 aromatic rings. The molecule has 0 fully saturated rings. The van der Waals surface area contributed by atoms with Crippen LogP contribution in [0.5, 0.6) is 11.5 Å². The Morgan fingerprint density at radius 3 is 1.45 bits per heavy atom. The summed E-state index contributed by atoms with van der Waals surface area (Å²) in [6, 6.07) is 27.4. The number of nitrogens with zero attached hydrogens (tertiary/aromatic N) is 1. The Hall–Kier alpha value is -3.86. The average Bonchev–Trinajstić information content (AvgIpc) is 2.98. The monoisotopic (exact) mass is 385 g/mol. The van der Waals surface area contributed by atoms with Gasteiger partial charge < -0.3 is 9.47 Å². The molecule has 5 heteroatoms.